The molecule has 0 aliphatic rings. The average Bonchev–Trinajstić information content (AvgIpc) is 2.46. The molecule has 0 bridgehead atoms. The Bertz CT molecular complexity index is 550. The van der Waals surface area contributed by atoms with Gasteiger partial charge in [0.1, 0.15) is 0 Å². The van der Waals surface area contributed by atoms with Crippen molar-refractivity contribution in [1.29, 1.82) is 0 Å². The van der Waals surface area contributed by atoms with Crippen LogP contribution in [0, 0.1) is 0 Å². The third-order valence-electron chi connectivity index (χ3n) is 2.98. The fourth-order valence-electron chi connectivity index (χ4n) is 1.98. The number of hydrogen-bond donors (Lipinski definition) is 1. The first-order valence-electron chi connectivity index (χ1n) is 6.45. The van der Waals surface area contributed by atoms with Crippen molar-refractivity contribution >= 4 is 5.91 Å². The normalized spacial score (nSPS) is 10.5. The van der Waals surface area contributed by atoms with Crippen molar-refractivity contribution in [3.63, 3.8) is 0 Å². The highest BCUT2D eigenvalue weighted by Crippen LogP contribution is 2.18. The Balaban J connectivity index is 2.08. The molecule has 0 radical (unpaired) electrons. The van der Waals surface area contributed by atoms with Crippen LogP contribution in [0.15, 0.2) is 48.7 Å². The first-order chi connectivity index (χ1) is 9.18. The van der Waals surface area contributed by atoms with E-state index in [1.807, 2.05) is 42.5 Å². The minimum Gasteiger partial charge on any atom is -0.346 e. The summed E-state index contributed by atoms with van der Waals surface area (Å²) in [7, 11) is 0. The van der Waals surface area contributed by atoms with Crippen molar-refractivity contribution in [3.05, 3.63) is 65.5 Å². The fourth-order valence-corrected chi connectivity index (χ4v) is 1.98. The van der Waals surface area contributed by atoms with E-state index in [1.165, 1.54) is 0 Å². The third-order valence-corrected chi connectivity index (χ3v) is 2.98. The van der Waals surface area contributed by atoms with Gasteiger partial charge in [-0.25, -0.2) is 0 Å². The topological polar surface area (TPSA) is 42.0 Å². The molecule has 0 aliphatic heterocycles. The molecule has 1 amide bonds. The van der Waals surface area contributed by atoms with E-state index >= 15 is 0 Å². The minimum absolute atomic E-state index is 0.0463. The zero-order chi connectivity index (χ0) is 13.7. The maximum absolute atomic E-state index is 12.2. The maximum atomic E-state index is 12.2. The highest BCUT2D eigenvalue weighted by atomic mass is 16.1. The summed E-state index contributed by atoms with van der Waals surface area (Å²) in [5.41, 5.74) is 2.67. The van der Waals surface area contributed by atoms with Crippen LogP contribution in [0.2, 0.25) is 0 Å². The summed E-state index contributed by atoms with van der Waals surface area (Å²) in [4.78, 5) is 16.4. The molecule has 1 N–H and O–H groups in total. The van der Waals surface area contributed by atoms with Gasteiger partial charge in [-0.1, -0.05) is 38.1 Å². The van der Waals surface area contributed by atoms with Crippen LogP contribution in [0.5, 0.6) is 0 Å². The number of nitrogens with one attached hydrogen (secondary N) is 1. The zero-order valence-corrected chi connectivity index (χ0v) is 11.3. The molecule has 19 heavy (non-hydrogen) atoms. The largest absolute Gasteiger partial charge is 0.346 e. The first-order valence-corrected chi connectivity index (χ1v) is 6.45. The number of pyridine rings is 1. The molecule has 2 aromatic rings. The smallest absolute Gasteiger partial charge is 0.251 e. The molecule has 2 rings (SSSR count). The summed E-state index contributed by atoms with van der Waals surface area (Å²) < 4.78 is 0. The Morgan fingerprint density at radius 1 is 1.16 bits per heavy atom. The van der Waals surface area contributed by atoms with Crippen LogP contribution in [0.25, 0.3) is 0 Å². The predicted molar refractivity (Wildman–Crippen MR) is 75.9 cm³/mol. The van der Waals surface area contributed by atoms with Crippen molar-refractivity contribution in [2.24, 2.45) is 0 Å². The first kappa shape index (κ1) is 13.3. The fraction of sp³-hybridized carbons (Fsp3) is 0.250. The van der Waals surface area contributed by atoms with E-state index < -0.39 is 0 Å². The van der Waals surface area contributed by atoms with Gasteiger partial charge in [0.2, 0.25) is 0 Å². The molecule has 0 atom stereocenters. The van der Waals surface area contributed by atoms with Crippen LogP contribution in [0.1, 0.15) is 41.4 Å². The molecule has 1 aromatic carbocycles. The second-order valence-corrected chi connectivity index (χ2v) is 4.75. The Labute approximate surface area is 113 Å². The van der Waals surface area contributed by atoms with E-state index in [9.17, 15) is 4.79 Å². The standard InChI is InChI=1S/C16H18N2O/c1-12(2)14-8-3-4-9-15(14)16(19)18-11-13-7-5-6-10-17-13/h3-10,12H,11H2,1-2H3,(H,18,19). The van der Waals surface area contributed by atoms with E-state index in [0.29, 0.717) is 12.5 Å². The molecule has 0 spiro atoms. The number of benzene rings is 1. The van der Waals surface area contributed by atoms with Gasteiger partial charge in [-0.2, -0.15) is 0 Å². The lowest BCUT2D eigenvalue weighted by molar-refractivity contribution is 0.0949. The summed E-state index contributed by atoms with van der Waals surface area (Å²) in [6.07, 6.45) is 1.73. The van der Waals surface area contributed by atoms with E-state index in [-0.39, 0.29) is 5.91 Å². The van der Waals surface area contributed by atoms with E-state index in [4.69, 9.17) is 0 Å². The lowest BCUT2D eigenvalue weighted by atomic mass is 9.97. The van der Waals surface area contributed by atoms with Gasteiger partial charge in [-0.15, -0.1) is 0 Å². The Morgan fingerprint density at radius 2 is 1.89 bits per heavy atom. The number of hydrogen-bond acceptors (Lipinski definition) is 2. The predicted octanol–water partition coefficient (Wildman–Crippen LogP) is 3.14. The van der Waals surface area contributed by atoms with Crippen molar-refractivity contribution in [1.82, 2.24) is 10.3 Å². The molecule has 98 valence electrons. The molecule has 0 unspecified atom stereocenters. The van der Waals surface area contributed by atoms with E-state index in [2.05, 4.69) is 24.1 Å². The summed E-state index contributed by atoms with van der Waals surface area (Å²) in [6.45, 7) is 4.63. The minimum atomic E-state index is -0.0463. The Morgan fingerprint density at radius 3 is 2.58 bits per heavy atom. The molecule has 3 nitrogen and oxygen atoms in total. The molecular formula is C16H18N2O. The Hall–Kier alpha value is -2.16. The monoisotopic (exact) mass is 254 g/mol. The molecule has 3 heteroatoms. The number of amides is 1. The van der Waals surface area contributed by atoms with Crippen LogP contribution in [0.4, 0.5) is 0 Å². The van der Waals surface area contributed by atoms with Gasteiger partial charge < -0.3 is 5.32 Å². The second kappa shape index (κ2) is 6.14. The van der Waals surface area contributed by atoms with Gasteiger partial charge in [-0.05, 0) is 29.7 Å². The molecule has 0 aliphatic carbocycles. The molecule has 0 fully saturated rings. The quantitative estimate of drug-likeness (QED) is 0.910. The summed E-state index contributed by atoms with van der Waals surface area (Å²) in [5, 5.41) is 2.91. The SMILES string of the molecule is CC(C)c1ccccc1C(=O)NCc1ccccn1. The molecule has 1 heterocycles. The van der Waals surface area contributed by atoms with Gasteiger partial charge in [0, 0.05) is 11.8 Å². The zero-order valence-electron chi connectivity index (χ0n) is 11.3. The average molecular weight is 254 g/mol. The van der Waals surface area contributed by atoms with Crippen LogP contribution in [0.3, 0.4) is 0 Å². The maximum Gasteiger partial charge on any atom is 0.251 e. The van der Waals surface area contributed by atoms with Gasteiger partial charge in [0.05, 0.1) is 12.2 Å². The van der Waals surface area contributed by atoms with Gasteiger partial charge >= 0.3 is 0 Å². The van der Waals surface area contributed by atoms with Crippen LogP contribution < -0.4 is 5.32 Å². The van der Waals surface area contributed by atoms with Gasteiger partial charge in [0.15, 0.2) is 0 Å². The van der Waals surface area contributed by atoms with Crippen molar-refractivity contribution in [3.8, 4) is 0 Å². The second-order valence-electron chi connectivity index (χ2n) is 4.75. The van der Waals surface area contributed by atoms with Crippen molar-refractivity contribution < 1.29 is 4.79 Å². The number of rotatable bonds is 4. The number of carbonyl (C=O) groups excluding carboxylic acids is 1. The molecule has 0 saturated heterocycles. The summed E-state index contributed by atoms with van der Waals surface area (Å²) >= 11 is 0. The van der Waals surface area contributed by atoms with Crippen LogP contribution >= 0.6 is 0 Å². The van der Waals surface area contributed by atoms with Crippen LogP contribution in [-0.2, 0) is 6.54 Å². The highest BCUT2D eigenvalue weighted by molar-refractivity contribution is 5.95. The van der Waals surface area contributed by atoms with E-state index in [1.54, 1.807) is 6.20 Å². The summed E-state index contributed by atoms with van der Waals surface area (Å²) in [5.74, 6) is 0.284. The van der Waals surface area contributed by atoms with E-state index in [0.717, 1.165) is 16.8 Å². The molecule has 1 aromatic heterocycles. The third kappa shape index (κ3) is 3.41. The number of nitrogens with zero attached hydrogens (tertiary/aromatic N) is 1. The summed E-state index contributed by atoms with van der Waals surface area (Å²) in [6, 6.07) is 13.4. The lowest BCUT2D eigenvalue weighted by Crippen LogP contribution is -2.24. The lowest BCUT2D eigenvalue weighted by Gasteiger charge is -2.12. The molecular weight excluding hydrogens is 236 g/mol. The van der Waals surface area contributed by atoms with Crippen molar-refractivity contribution in [2.75, 3.05) is 0 Å². The number of aromatic nitrogens is 1. The van der Waals surface area contributed by atoms with Gasteiger partial charge in [0.25, 0.3) is 5.91 Å². The molecule has 0 saturated carbocycles. The van der Waals surface area contributed by atoms with Crippen molar-refractivity contribution in [2.45, 2.75) is 26.3 Å². The highest BCUT2D eigenvalue weighted by Gasteiger charge is 2.12. The Kier molecular flexibility index (Phi) is 4.29. The number of carbonyl (C=O) groups is 1. The van der Waals surface area contributed by atoms with Gasteiger partial charge in [-0.3, -0.25) is 9.78 Å². The van der Waals surface area contributed by atoms with Crippen LogP contribution in [-0.4, -0.2) is 10.9 Å².